The van der Waals surface area contributed by atoms with E-state index in [1.54, 1.807) is 0 Å². The molecule has 2 aromatic rings. The Kier molecular flexibility index (Phi) is 6.33. The highest BCUT2D eigenvalue weighted by atomic mass is 32.2. The van der Waals surface area contributed by atoms with Crippen molar-refractivity contribution < 1.29 is 8.42 Å². The van der Waals surface area contributed by atoms with Crippen LogP contribution in [0.1, 0.15) is 17.0 Å². The number of rotatable bonds is 8. The lowest BCUT2D eigenvalue weighted by molar-refractivity contribution is 0.582. The highest BCUT2D eigenvalue weighted by Gasteiger charge is 2.11. The van der Waals surface area contributed by atoms with Crippen LogP contribution in [0.25, 0.3) is 0 Å². The van der Waals surface area contributed by atoms with E-state index < -0.39 is 10.0 Å². The van der Waals surface area contributed by atoms with Crippen LogP contribution >= 0.6 is 0 Å². The van der Waals surface area contributed by atoms with E-state index in [9.17, 15) is 8.42 Å². The number of aryl methyl sites for hydroxylation is 2. The zero-order valence-corrected chi connectivity index (χ0v) is 15.9. The maximum Gasteiger partial charge on any atom is 0.215 e. The van der Waals surface area contributed by atoms with Crippen molar-refractivity contribution in [2.75, 3.05) is 37.4 Å². The topological polar surface area (TPSA) is 87.2 Å². The van der Waals surface area contributed by atoms with Gasteiger partial charge in [0.05, 0.1) is 5.75 Å². The van der Waals surface area contributed by atoms with Gasteiger partial charge in [-0.25, -0.2) is 23.1 Å². The molecule has 136 valence electrons. The first-order valence-corrected chi connectivity index (χ1v) is 9.70. The van der Waals surface area contributed by atoms with Gasteiger partial charge in [0.1, 0.15) is 17.5 Å². The second-order valence-electron chi connectivity index (χ2n) is 6.12. The number of sulfonamides is 1. The van der Waals surface area contributed by atoms with Gasteiger partial charge in [-0.2, -0.15) is 0 Å². The zero-order chi connectivity index (χ0) is 18.4. The molecule has 25 heavy (non-hydrogen) atoms. The van der Waals surface area contributed by atoms with Gasteiger partial charge in [0.25, 0.3) is 0 Å². The molecule has 0 aliphatic carbocycles. The lowest BCUT2D eigenvalue weighted by Gasteiger charge is -2.14. The van der Waals surface area contributed by atoms with E-state index >= 15 is 0 Å². The third-order valence-corrected chi connectivity index (χ3v) is 4.87. The predicted octanol–water partition coefficient (Wildman–Crippen LogP) is 1.69. The monoisotopic (exact) mass is 363 g/mol. The van der Waals surface area contributed by atoms with E-state index in [2.05, 4.69) is 20.0 Å². The molecule has 0 saturated carbocycles. The Morgan fingerprint density at radius 2 is 1.72 bits per heavy atom. The molecule has 0 aliphatic heterocycles. The van der Waals surface area contributed by atoms with E-state index in [0.29, 0.717) is 18.2 Å². The number of hydrogen-bond acceptors (Lipinski definition) is 6. The average molecular weight is 363 g/mol. The Morgan fingerprint density at radius 1 is 1.04 bits per heavy atom. The Hall–Kier alpha value is -2.19. The zero-order valence-electron chi connectivity index (χ0n) is 15.1. The Labute approximate surface area is 149 Å². The lowest BCUT2D eigenvalue weighted by atomic mass is 10.2. The van der Waals surface area contributed by atoms with Gasteiger partial charge in [-0.05, 0) is 19.4 Å². The summed E-state index contributed by atoms with van der Waals surface area (Å²) in [6.45, 7) is 4.52. The molecule has 8 heteroatoms. The van der Waals surface area contributed by atoms with Crippen LogP contribution in [-0.2, 0) is 15.8 Å². The van der Waals surface area contributed by atoms with Crippen LogP contribution in [0.15, 0.2) is 30.3 Å². The van der Waals surface area contributed by atoms with Gasteiger partial charge < -0.3 is 10.2 Å². The van der Waals surface area contributed by atoms with Crippen molar-refractivity contribution >= 4 is 21.7 Å². The average Bonchev–Trinajstić information content (AvgIpc) is 2.53. The van der Waals surface area contributed by atoms with Crippen LogP contribution in [-0.4, -0.2) is 45.6 Å². The summed E-state index contributed by atoms with van der Waals surface area (Å²) in [5.41, 5.74) is 1.88. The second kappa shape index (κ2) is 8.26. The minimum absolute atomic E-state index is 0.0231. The smallest absolute Gasteiger partial charge is 0.215 e. The molecule has 2 rings (SSSR count). The summed E-state index contributed by atoms with van der Waals surface area (Å²) < 4.78 is 26.8. The van der Waals surface area contributed by atoms with Gasteiger partial charge in [-0.3, -0.25) is 0 Å². The van der Waals surface area contributed by atoms with Gasteiger partial charge in [-0.15, -0.1) is 0 Å². The number of anilines is 2. The summed E-state index contributed by atoms with van der Waals surface area (Å²) >= 11 is 0. The Balaban J connectivity index is 1.85. The molecule has 0 fully saturated rings. The Morgan fingerprint density at radius 3 is 2.36 bits per heavy atom. The van der Waals surface area contributed by atoms with Crippen molar-refractivity contribution in [2.45, 2.75) is 19.6 Å². The number of benzene rings is 1. The van der Waals surface area contributed by atoms with Crippen molar-refractivity contribution in [3.05, 3.63) is 47.3 Å². The van der Waals surface area contributed by atoms with Gasteiger partial charge in [0.15, 0.2) is 0 Å². The van der Waals surface area contributed by atoms with Crippen molar-refractivity contribution in [1.29, 1.82) is 0 Å². The van der Waals surface area contributed by atoms with Gasteiger partial charge in [-0.1, -0.05) is 29.8 Å². The molecule has 0 amide bonds. The van der Waals surface area contributed by atoms with Gasteiger partial charge in [0.2, 0.25) is 10.0 Å². The van der Waals surface area contributed by atoms with E-state index in [4.69, 9.17) is 0 Å². The highest BCUT2D eigenvalue weighted by molar-refractivity contribution is 7.88. The molecule has 1 aromatic heterocycles. The van der Waals surface area contributed by atoms with E-state index in [-0.39, 0.29) is 12.3 Å². The minimum Gasteiger partial charge on any atom is -0.369 e. The number of nitrogens with zero attached hydrogens (tertiary/aromatic N) is 3. The van der Waals surface area contributed by atoms with Crippen molar-refractivity contribution in [2.24, 2.45) is 0 Å². The normalized spacial score (nSPS) is 11.4. The van der Waals surface area contributed by atoms with E-state index in [0.717, 1.165) is 16.9 Å². The van der Waals surface area contributed by atoms with Crippen LogP contribution in [0.4, 0.5) is 11.6 Å². The molecule has 0 bridgehead atoms. The van der Waals surface area contributed by atoms with Crippen molar-refractivity contribution in [1.82, 2.24) is 14.7 Å². The molecule has 0 unspecified atom stereocenters. The molecule has 0 atom stereocenters. The maximum absolute atomic E-state index is 12.1. The summed E-state index contributed by atoms with van der Waals surface area (Å²) in [7, 11) is 0.452. The molecule has 0 spiro atoms. The fraction of sp³-hybridized carbons (Fsp3) is 0.412. The molecule has 0 radical (unpaired) electrons. The van der Waals surface area contributed by atoms with Crippen LogP contribution in [0.2, 0.25) is 0 Å². The SMILES string of the molecule is Cc1ccc(CS(=O)(=O)NCCNc2cc(N(C)C)nc(C)n2)cc1. The first kappa shape index (κ1) is 19.1. The number of hydrogen-bond donors (Lipinski definition) is 2. The van der Waals surface area contributed by atoms with E-state index in [1.165, 1.54) is 0 Å². The first-order valence-electron chi connectivity index (χ1n) is 8.05. The molecular formula is C17H25N5O2S. The summed E-state index contributed by atoms with van der Waals surface area (Å²) in [4.78, 5) is 10.5. The Bertz CT molecular complexity index is 804. The molecular weight excluding hydrogens is 338 g/mol. The third-order valence-electron chi connectivity index (χ3n) is 3.51. The van der Waals surface area contributed by atoms with Crippen LogP contribution in [0, 0.1) is 13.8 Å². The van der Waals surface area contributed by atoms with Crippen LogP contribution in [0.3, 0.4) is 0 Å². The lowest BCUT2D eigenvalue weighted by Crippen LogP contribution is -2.30. The second-order valence-corrected chi connectivity index (χ2v) is 7.93. The minimum atomic E-state index is -3.36. The van der Waals surface area contributed by atoms with Crippen LogP contribution < -0.4 is 14.9 Å². The predicted molar refractivity (Wildman–Crippen MR) is 101 cm³/mol. The fourth-order valence-electron chi connectivity index (χ4n) is 2.22. The number of nitrogens with one attached hydrogen (secondary N) is 2. The van der Waals surface area contributed by atoms with Crippen molar-refractivity contribution in [3.63, 3.8) is 0 Å². The first-order chi connectivity index (χ1) is 11.7. The summed E-state index contributed by atoms with van der Waals surface area (Å²) in [5.74, 6) is 2.11. The molecule has 1 aromatic carbocycles. The molecule has 0 saturated heterocycles. The quantitative estimate of drug-likeness (QED) is 0.694. The third kappa shape index (κ3) is 6.32. The van der Waals surface area contributed by atoms with Crippen molar-refractivity contribution in [3.8, 4) is 0 Å². The fourth-order valence-corrected chi connectivity index (χ4v) is 3.37. The molecule has 7 nitrogen and oxygen atoms in total. The number of aromatic nitrogens is 2. The maximum atomic E-state index is 12.1. The molecule has 0 aliphatic rings. The largest absolute Gasteiger partial charge is 0.369 e. The summed E-state index contributed by atoms with van der Waals surface area (Å²) in [5, 5.41) is 3.12. The highest BCUT2D eigenvalue weighted by Crippen LogP contribution is 2.13. The summed E-state index contributed by atoms with van der Waals surface area (Å²) in [6, 6.07) is 9.31. The van der Waals surface area contributed by atoms with Crippen LogP contribution in [0.5, 0.6) is 0 Å². The van der Waals surface area contributed by atoms with E-state index in [1.807, 2.05) is 63.2 Å². The standard InChI is InChI=1S/C17H25N5O2S/c1-13-5-7-15(8-6-13)12-25(23,24)19-10-9-18-16-11-17(22(3)4)21-14(2)20-16/h5-8,11,19H,9-10,12H2,1-4H3,(H,18,20,21). The molecule has 1 heterocycles. The van der Waals surface area contributed by atoms with Gasteiger partial charge >= 0.3 is 0 Å². The molecule has 2 N–H and O–H groups in total. The summed E-state index contributed by atoms with van der Waals surface area (Å²) in [6.07, 6.45) is 0. The van der Waals surface area contributed by atoms with Gasteiger partial charge in [0, 0.05) is 33.3 Å².